The van der Waals surface area contributed by atoms with Gasteiger partial charge < -0.3 is 9.80 Å². The van der Waals surface area contributed by atoms with E-state index in [1.54, 1.807) is 0 Å². The van der Waals surface area contributed by atoms with E-state index in [0.29, 0.717) is 0 Å². The highest BCUT2D eigenvalue weighted by molar-refractivity contribution is 5.80. The van der Waals surface area contributed by atoms with Crippen LogP contribution in [0.3, 0.4) is 0 Å². The largest absolute Gasteiger partial charge is 0.310 e. The molecule has 0 atom stereocenters. The molecule has 0 amide bonds. The number of benzene rings is 7. The van der Waals surface area contributed by atoms with Gasteiger partial charge in [0.15, 0.2) is 0 Å². The normalized spacial score (nSPS) is 11.3. The monoisotopic (exact) mass is 700 g/mol. The molecule has 0 bridgehead atoms. The highest BCUT2D eigenvalue weighted by Gasteiger charge is 2.15. The fraction of sp³-hybridized carbons (Fsp3) is 0.115. The lowest BCUT2D eigenvalue weighted by Crippen LogP contribution is -2.10. The minimum atomic E-state index is 1.01. The van der Waals surface area contributed by atoms with Gasteiger partial charge in [0.1, 0.15) is 0 Å². The second-order valence-corrected chi connectivity index (χ2v) is 13.8. The van der Waals surface area contributed by atoms with Gasteiger partial charge in [0, 0.05) is 34.1 Å². The van der Waals surface area contributed by atoms with Crippen LogP contribution in [-0.2, 0) is 12.8 Å². The summed E-state index contributed by atoms with van der Waals surface area (Å²) in [5.41, 5.74) is 17.0. The zero-order chi connectivity index (χ0) is 37.3. The summed E-state index contributed by atoms with van der Waals surface area (Å²) in [7, 11) is 0. The molecule has 0 aromatic heterocycles. The zero-order valence-corrected chi connectivity index (χ0v) is 31.8. The van der Waals surface area contributed by atoms with Crippen LogP contribution in [0, 0.1) is 13.8 Å². The molecule has 0 aliphatic heterocycles. The summed E-state index contributed by atoms with van der Waals surface area (Å²) in [5.74, 6) is 0. The molecule has 0 radical (unpaired) electrons. The predicted octanol–water partition coefficient (Wildman–Crippen LogP) is 14.7. The quantitative estimate of drug-likeness (QED) is 0.117. The molecular weight excluding hydrogens is 653 g/mol. The first kappa shape index (κ1) is 36.0. The van der Waals surface area contributed by atoms with E-state index >= 15 is 0 Å². The summed E-state index contributed by atoms with van der Waals surface area (Å²) in [6, 6.07) is 61.1. The number of aryl methyl sites for hydroxylation is 4. The Morgan fingerprint density at radius 2 is 0.611 bits per heavy atom. The van der Waals surface area contributed by atoms with Crippen LogP contribution in [0.25, 0.3) is 24.3 Å². The first-order valence-electron chi connectivity index (χ1n) is 19.0. The van der Waals surface area contributed by atoms with Gasteiger partial charge in [0.05, 0.1) is 0 Å². The minimum Gasteiger partial charge on any atom is -0.310 e. The molecule has 0 saturated heterocycles. The van der Waals surface area contributed by atoms with Crippen molar-refractivity contribution in [2.45, 2.75) is 40.5 Å². The van der Waals surface area contributed by atoms with Gasteiger partial charge in [-0.2, -0.15) is 0 Å². The third-order valence-electron chi connectivity index (χ3n) is 10.1. The molecule has 0 N–H and O–H groups in total. The molecule has 7 aromatic rings. The van der Waals surface area contributed by atoms with Gasteiger partial charge >= 0.3 is 0 Å². The van der Waals surface area contributed by atoms with Gasteiger partial charge in [-0.1, -0.05) is 135 Å². The fourth-order valence-corrected chi connectivity index (χ4v) is 6.98. The molecule has 0 unspecified atom stereocenters. The topological polar surface area (TPSA) is 6.48 Å². The third-order valence-corrected chi connectivity index (χ3v) is 10.1. The first-order chi connectivity index (χ1) is 26.5. The summed E-state index contributed by atoms with van der Waals surface area (Å²) < 4.78 is 0. The van der Waals surface area contributed by atoms with Crippen LogP contribution in [0.1, 0.15) is 58.4 Å². The molecule has 7 aromatic carbocycles. The van der Waals surface area contributed by atoms with Crippen molar-refractivity contribution in [3.05, 3.63) is 214 Å². The Hall–Kier alpha value is -6.38. The maximum absolute atomic E-state index is 2.33. The van der Waals surface area contributed by atoms with Crippen molar-refractivity contribution in [2.24, 2.45) is 0 Å². The molecule has 2 nitrogen and oxygen atoms in total. The lowest BCUT2D eigenvalue weighted by Gasteiger charge is -2.26. The highest BCUT2D eigenvalue weighted by Crippen LogP contribution is 2.37. The Morgan fingerprint density at radius 1 is 0.333 bits per heavy atom. The van der Waals surface area contributed by atoms with Crippen LogP contribution in [0.4, 0.5) is 34.1 Å². The SMILES string of the molecule is CCc1cc(N(c2ccccc2)c2ccc(C=Cc3ccc(C=Cc4ccc(N(c5ccccc5)c5ccc(C)c(CC)c5)cc4)cc3)cc2)ccc1C. The van der Waals surface area contributed by atoms with Crippen molar-refractivity contribution < 1.29 is 0 Å². The second-order valence-electron chi connectivity index (χ2n) is 13.8. The van der Waals surface area contributed by atoms with E-state index in [1.807, 2.05) is 0 Å². The van der Waals surface area contributed by atoms with E-state index < -0.39 is 0 Å². The van der Waals surface area contributed by atoms with E-state index in [-0.39, 0.29) is 0 Å². The molecule has 0 heterocycles. The molecule has 7 rings (SSSR count). The fourth-order valence-electron chi connectivity index (χ4n) is 6.98. The Bertz CT molecular complexity index is 2170. The molecule has 266 valence electrons. The summed E-state index contributed by atoms with van der Waals surface area (Å²) in [6.45, 7) is 8.82. The maximum Gasteiger partial charge on any atom is 0.0464 e. The Kier molecular flexibility index (Phi) is 11.3. The lowest BCUT2D eigenvalue weighted by molar-refractivity contribution is 1.10. The number of para-hydroxylation sites is 2. The van der Waals surface area contributed by atoms with Crippen molar-refractivity contribution in [2.75, 3.05) is 9.80 Å². The van der Waals surface area contributed by atoms with E-state index in [0.717, 1.165) is 46.7 Å². The molecule has 0 aliphatic carbocycles. The molecule has 2 heteroatoms. The van der Waals surface area contributed by atoms with E-state index in [4.69, 9.17) is 0 Å². The van der Waals surface area contributed by atoms with Crippen molar-refractivity contribution in [3.8, 4) is 0 Å². The molecule has 0 spiro atoms. The molecule has 0 fully saturated rings. The van der Waals surface area contributed by atoms with Gasteiger partial charge in [-0.15, -0.1) is 0 Å². The van der Waals surface area contributed by atoms with Crippen molar-refractivity contribution in [1.82, 2.24) is 0 Å². The van der Waals surface area contributed by atoms with E-state index in [2.05, 4.69) is 232 Å². The minimum absolute atomic E-state index is 1.01. The lowest BCUT2D eigenvalue weighted by atomic mass is 10.0. The predicted molar refractivity (Wildman–Crippen MR) is 235 cm³/mol. The van der Waals surface area contributed by atoms with E-state index in [9.17, 15) is 0 Å². The van der Waals surface area contributed by atoms with Crippen molar-refractivity contribution in [3.63, 3.8) is 0 Å². The molecule has 54 heavy (non-hydrogen) atoms. The number of hydrogen-bond donors (Lipinski definition) is 0. The van der Waals surface area contributed by atoms with Crippen LogP contribution in [0.5, 0.6) is 0 Å². The maximum atomic E-state index is 2.33. The van der Waals surface area contributed by atoms with Crippen molar-refractivity contribution in [1.29, 1.82) is 0 Å². The Morgan fingerprint density at radius 3 is 0.926 bits per heavy atom. The summed E-state index contributed by atoms with van der Waals surface area (Å²) >= 11 is 0. The van der Waals surface area contributed by atoms with Crippen LogP contribution in [-0.4, -0.2) is 0 Å². The average Bonchev–Trinajstić information content (AvgIpc) is 3.23. The number of nitrogens with zero attached hydrogens (tertiary/aromatic N) is 2. The number of anilines is 6. The third kappa shape index (κ3) is 8.46. The van der Waals surface area contributed by atoms with E-state index in [1.165, 1.54) is 44.8 Å². The number of hydrogen-bond acceptors (Lipinski definition) is 2. The smallest absolute Gasteiger partial charge is 0.0464 e. The molecule has 0 aliphatic rings. The van der Waals surface area contributed by atoms with Crippen molar-refractivity contribution >= 4 is 58.4 Å². The second kappa shape index (κ2) is 17.0. The average molecular weight is 701 g/mol. The summed E-state index contributed by atoms with van der Waals surface area (Å²) in [6.07, 6.45) is 10.8. The Labute approximate surface area is 322 Å². The van der Waals surface area contributed by atoms with Gasteiger partial charge in [-0.05, 0) is 144 Å². The van der Waals surface area contributed by atoms with Crippen LogP contribution in [0.2, 0.25) is 0 Å². The van der Waals surface area contributed by atoms with Gasteiger partial charge in [0.25, 0.3) is 0 Å². The first-order valence-corrected chi connectivity index (χ1v) is 19.0. The van der Waals surface area contributed by atoms with Gasteiger partial charge in [-0.3, -0.25) is 0 Å². The summed E-state index contributed by atoms with van der Waals surface area (Å²) in [4.78, 5) is 4.67. The molecular formula is C52H48N2. The van der Waals surface area contributed by atoms with Crippen LogP contribution in [0.15, 0.2) is 170 Å². The zero-order valence-electron chi connectivity index (χ0n) is 31.8. The van der Waals surface area contributed by atoms with Gasteiger partial charge in [0.2, 0.25) is 0 Å². The highest BCUT2D eigenvalue weighted by atomic mass is 15.1. The molecule has 0 saturated carbocycles. The number of rotatable bonds is 12. The Balaban J connectivity index is 1.03. The van der Waals surface area contributed by atoms with Gasteiger partial charge in [-0.25, -0.2) is 0 Å². The van der Waals surface area contributed by atoms with Crippen LogP contribution >= 0.6 is 0 Å². The summed E-state index contributed by atoms with van der Waals surface area (Å²) in [5, 5.41) is 0. The van der Waals surface area contributed by atoms with Crippen LogP contribution < -0.4 is 9.80 Å². The standard InChI is InChI=1S/C52H48N2/c1-5-45-37-51(31-17-39(45)3)53(47-13-9-7-10-14-47)49-33-27-43(28-34-49)25-23-41-19-21-42(22-20-41)24-26-44-29-35-50(36-30-44)54(48-15-11-8-12-16-48)52-32-18-40(4)46(6-2)38-52/h7-38H,5-6H2,1-4H3.